The van der Waals surface area contributed by atoms with Crippen molar-refractivity contribution >= 4 is 10.0 Å². The smallest absolute Gasteiger partial charge is 0.212 e. The van der Waals surface area contributed by atoms with Gasteiger partial charge in [0.2, 0.25) is 10.0 Å². The summed E-state index contributed by atoms with van der Waals surface area (Å²) in [7, 11) is -3.33. The van der Waals surface area contributed by atoms with Crippen molar-refractivity contribution in [3.05, 3.63) is 35.9 Å². The van der Waals surface area contributed by atoms with Gasteiger partial charge in [0.1, 0.15) is 0 Å². The maximum absolute atomic E-state index is 11.9. The number of aryl methyl sites for hydroxylation is 1. The first kappa shape index (κ1) is 17.1. The lowest BCUT2D eigenvalue weighted by Gasteiger charge is -2.20. The Morgan fingerprint density at radius 1 is 1.15 bits per heavy atom. The van der Waals surface area contributed by atoms with Crippen molar-refractivity contribution in [1.82, 2.24) is 4.72 Å². The van der Waals surface area contributed by atoms with E-state index in [0.29, 0.717) is 6.42 Å². The van der Waals surface area contributed by atoms with E-state index >= 15 is 0 Å². The van der Waals surface area contributed by atoms with Gasteiger partial charge in [-0.25, -0.2) is 13.1 Å². The first-order valence-corrected chi connectivity index (χ1v) is 8.83. The molecule has 5 heteroatoms. The van der Waals surface area contributed by atoms with E-state index in [1.807, 2.05) is 44.2 Å². The van der Waals surface area contributed by atoms with Crippen LogP contribution in [-0.2, 0) is 16.4 Å². The lowest BCUT2D eigenvalue weighted by molar-refractivity contribution is 0.107. The van der Waals surface area contributed by atoms with Gasteiger partial charge in [-0.3, -0.25) is 0 Å². The zero-order valence-corrected chi connectivity index (χ0v) is 13.1. The van der Waals surface area contributed by atoms with Crippen molar-refractivity contribution in [3.63, 3.8) is 0 Å². The molecule has 20 heavy (non-hydrogen) atoms. The van der Waals surface area contributed by atoms with Crippen molar-refractivity contribution in [2.45, 2.75) is 39.2 Å². The van der Waals surface area contributed by atoms with Crippen LogP contribution in [-0.4, -0.2) is 31.9 Å². The molecule has 0 aliphatic rings. The fourth-order valence-electron chi connectivity index (χ4n) is 2.18. The molecule has 1 atom stereocenters. The molecule has 1 aromatic carbocycles. The molecule has 0 bridgehead atoms. The fraction of sp³-hybridized carbons (Fsp3) is 0.600. The number of aliphatic hydroxyl groups excluding tert-OH is 1. The average molecular weight is 299 g/mol. The molecule has 1 rings (SSSR count). The van der Waals surface area contributed by atoms with Crippen LogP contribution in [0.25, 0.3) is 0 Å². The van der Waals surface area contributed by atoms with Gasteiger partial charge >= 0.3 is 0 Å². The van der Waals surface area contributed by atoms with Crippen LogP contribution >= 0.6 is 0 Å². The van der Waals surface area contributed by atoms with Gasteiger partial charge < -0.3 is 5.11 Å². The molecule has 114 valence electrons. The minimum absolute atomic E-state index is 0.0483. The van der Waals surface area contributed by atoms with Gasteiger partial charge in [0.25, 0.3) is 0 Å². The molecular formula is C15H25NO3S. The average Bonchev–Trinajstić information content (AvgIpc) is 2.46. The van der Waals surface area contributed by atoms with E-state index in [-0.39, 0.29) is 18.2 Å². The molecule has 0 saturated carbocycles. The third kappa shape index (κ3) is 6.03. The Labute approximate surface area is 122 Å². The second kappa shape index (κ2) is 8.39. The van der Waals surface area contributed by atoms with Crippen LogP contribution in [0.1, 0.15) is 32.3 Å². The molecule has 0 aliphatic carbocycles. The van der Waals surface area contributed by atoms with Gasteiger partial charge in [-0.2, -0.15) is 0 Å². The van der Waals surface area contributed by atoms with E-state index in [0.717, 1.165) is 18.4 Å². The number of benzene rings is 1. The molecule has 0 saturated heterocycles. The Morgan fingerprint density at radius 2 is 1.75 bits per heavy atom. The largest absolute Gasteiger partial charge is 0.391 e. The van der Waals surface area contributed by atoms with Crippen LogP contribution in [0.4, 0.5) is 0 Å². The van der Waals surface area contributed by atoms with Crippen LogP contribution in [0, 0.1) is 5.92 Å². The monoisotopic (exact) mass is 299 g/mol. The summed E-state index contributed by atoms with van der Waals surface area (Å²) >= 11 is 0. The molecule has 0 fully saturated rings. The van der Waals surface area contributed by atoms with Crippen LogP contribution in [0.15, 0.2) is 30.3 Å². The van der Waals surface area contributed by atoms with E-state index < -0.39 is 16.1 Å². The predicted molar refractivity (Wildman–Crippen MR) is 82.0 cm³/mol. The number of nitrogens with one attached hydrogen (secondary N) is 1. The first-order chi connectivity index (χ1) is 9.48. The number of aliphatic hydroxyl groups is 1. The number of rotatable bonds is 9. The summed E-state index contributed by atoms with van der Waals surface area (Å²) < 4.78 is 26.3. The molecule has 2 N–H and O–H groups in total. The maximum atomic E-state index is 11.9. The van der Waals surface area contributed by atoms with E-state index in [1.165, 1.54) is 0 Å². The molecule has 1 aromatic rings. The lowest BCUT2D eigenvalue weighted by atomic mass is 9.97. The molecule has 0 amide bonds. The van der Waals surface area contributed by atoms with Gasteiger partial charge in [0.15, 0.2) is 0 Å². The molecule has 0 radical (unpaired) electrons. The standard InChI is InChI=1S/C15H25NO3S/c1-3-14(4-2)15(17)12-16-20(18,19)11-10-13-8-6-5-7-9-13/h5-9,14-17H,3-4,10-12H2,1-2H3. The molecule has 0 aromatic heterocycles. The zero-order valence-electron chi connectivity index (χ0n) is 12.2. The van der Waals surface area contributed by atoms with Crippen molar-refractivity contribution in [2.75, 3.05) is 12.3 Å². The van der Waals surface area contributed by atoms with Gasteiger partial charge in [0, 0.05) is 6.54 Å². The Morgan fingerprint density at radius 3 is 2.30 bits per heavy atom. The SMILES string of the molecule is CCC(CC)C(O)CNS(=O)(=O)CCc1ccccc1. The highest BCUT2D eigenvalue weighted by Crippen LogP contribution is 2.12. The van der Waals surface area contributed by atoms with E-state index in [2.05, 4.69) is 4.72 Å². The normalized spacial score (nSPS) is 13.6. The summed E-state index contributed by atoms with van der Waals surface area (Å²) in [5, 5.41) is 9.93. The van der Waals surface area contributed by atoms with Crippen molar-refractivity contribution in [2.24, 2.45) is 5.92 Å². The summed E-state index contributed by atoms with van der Waals surface area (Å²) in [4.78, 5) is 0. The predicted octanol–water partition coefficient (Wildman–Crippen LogP) is 1.95. The quantitative estimate of drug-likeness (QED) is 0.732. The van der Waals surface area contributed by atoms with Gasteiger partial charge in [-0.1, -0.05) is 57.0 Å². The molecule has 4 nitrogen and oxygen atoms in total. The summed E-state index contributed by atoms with van der Waals surface area (Å²) in [6.45, 7) is 4.10. The highest BCUT2D eigenvalue weighted by atomic mass is 32.2. The van der Waals surface area contributed by atoms with E-state index in [9.17, 15) is 13.5 Å². The minimum atomic E-state index is -3.33. The van der Waals surface area contributed by atoms with Crippen LogP contribution < -0.4 is 4.72 Å². The summed E-state index contributed by atoms with van der Waals surface area (Å²) in [5.74, 6) is 0.193. The zero-order chi connectivity index (χ0) is 15.0. The molecule has 0 spiro atoms. The van der Waals surface area contributed by atoms with E-state index in [1.54, 1.807) is 0 Å². The Hall–Kier alpha value is -0.910. The molecule has 0 heterocycles. The molecular weight excluding hydrogens is 274 g/mol. The minimum Gasteiger partial charge on any atom is -0.391 e. The van der Waals surface area contributed by atoms with Crippen LogP contribution in [0.5, 0.6) is 0 Å². The molecule has 1 unspecified atom stereocenters. The Balaban J connectivity index is 2.42. The van der Waals surface area contributed by atoms with Crippen molar-refractivity contribution < 1.29 is 13.5 Å². The second-order valence-electron chi connectivity index (χ2n) is 5.05. The summed E-state index contributed by atoms with van der Waals surface area (Å²) in [5.41, 5.74) is 0.999. The molecule has 0 aliphatic heterocycles. The number of hydrogen-bond acceptors (Lipinski definition) is 3. The topological polar surface area (TPSA) is 66.4 Å². The van der Waals surface area contributed by atoms with Crippen LogP contribution in [0.2, 0.25) is 0 Å². The van der Waals surface area contributed by atoms with Gasteiger partial charge in [0.05, 0.1) is 11.9 Å². The highest BCUT2D eigenvalue weighted by molar-refractivity contribution is 7.89. The number of sulfonamides is 1. The second-order valence-corrected chi connectivity index (χ2v) is 6.97. The third-order valence-corrected chi connectivity index (χ3v) is 4.96. The van der Waals surface area contributed by atoms with Crippen LogP contribution in [0.3, 0.4) is 0 Å². The summed E-state index contributed by atoms with van der Waals surface area (Å²) in [6, 6.07) is 9.52. The Kier molecular flexibility index (Phi) is 7.19. The Bertz CT molecular complexity index is 469. The van der Waals surface area contributed by atoms with Crippen molar-refractivity contribution in [3.8, 4) is 0 Å². The van der Waals surface area contributed by atoms with Crippen molar-refractivity contribution in [1.29, 1.82) is 0 Å². The number of hydrogen-bond donors (Lipinski definition) is 2. The maximum Gasteiger partial charge on any atom is 0.212 e. The van der Waals surface area contributed by atoms with E-state index in [4.69, 9.17) is 0 Å². The van der Waals surface area contributed by atoms with Gasteiger partial charge in [-0.05, 0) is 17.9 Å². The first-order valence-electron chi connectivity index (χ1n) is 7.17. The lowest BCUT2D eigenvalue weighted by Crippen LogP contribution is -2.37. The van der Waals surface area contributed by atoms with Gasteiger partial charge in [-0.15, -0.1) is 0 Å². The summed E-state index contributed by atoms with van der Waals surface area (Å²) in [6.07, 6.45) is 1.57. The fourth-order valence-corrected chi connectivity index (χ4v) is 3.25. The third-order valence-electron chi connectivity index (χ3n) is 3.61. The highest BCUT2D eigenvalue weighted by Gasteiger charge is 2.18.